The molecule has 1 heterocycles. The number of nitrogens with zero attached hydrogens (tertiary/aromatic N) is 1. The number of carbonyl (C=O) groups is 1. The minimum Gasteiger partial charge on any atom is -0.494 e. The second-order valence-corrected chi connectivity index (χ2v) is 5.12. The van der Waals surface area contributed by atoms with Crippen molar-refractivity contribution in [2.45, 2.75) is 13.5 Å². The van der Waals surface area contributed by atoms with Gasteiger partial charge in [-0.2, -0.15) is 0 Å². The summed E-state index contributed by atoms with van der Waals surface area (Å²) in [5.41, 5.74) is 1.04. The van der Waals surface area contributed by atoms with Crippen molar-refractivity contribution in [1.29, 1.82) is 0 Å². The molecule has 0 bridgehead atoms. The van der Waals surface area contributed by atoms with E-state index < -0.39 is 0 Å². The van der Waals surface area contributed by atoms with Crippen molar-refractivity contribution < 1.29 is 13.9 Å². The van der Waals surface area contributed by atoms with Crippen LogP contribution in [0.15, 0.2) is 45.5 Å². The van der Waals surface area contributed by atoms with Crippen LogP contribution in [0.3, 0.4) is 0 Å². The molecule has 20 heavy (non-hydrogen) atoms. The lowest BCUT2D eigenvalue weighted by atomic mass is 10.2. The molecule has 0 aliphatic carbocycles. The molecule has 0 saturated carbocycles. The highest BCUT2D eigenvalue weighted by Gasteiger charge is 2.15. The summed E-state index contributed by atoms with van der Waals surface area (Å²) in [4.78, 5) is 13.7. The van der Waals surface area contributed by atoms with Crippen LogP contribution in [0.1, 0.15) is 23.0 Å². The van der Waals surface area contributed by atoms with Crippen LogP contribution in [0.2, 0.25) is 0 Å². The van der Waals surface area contributed by atoms with E-state index in [4.69, 9.17) is 9.15 Å². The first kappa shape index (κ1) is 14.7. The van der Waals surface area contributed by atoms with Crippen LogP contribution in [0.4, 0.5) is 0 Å². The Morgan fingerprint density at radius 3 is 2.50 bits per heavy atom. The molecular weight excluding hydrogens is 322 g/mol. The van der Waals surface area contributed by atoms with Gasteiger partial charge in [-0.3, -0.25) is 4.79 Å². The fourth-order valence-corrected chi connectivity index (χ4v) is 2.13. The van der Waals surface area contributed by atoms with Gasteiger partial charge in [0.15, 0.2) is 10.4 Å². The molecule has 106 valence electrons. The van der Waals surface area contributed by atoms with Crippen LogP contribution >= 0.6 is 15.9 Å². The summed E-state index contributed by atoms with van der Waals surface area (Å²) in [6.07, 6.45) is 0. The number of benzene rings is 1. The molecule has 0 saturated heterocycles. The minimum absolute atomic E-state index is 0.149. The number of hydrogen-bond donors (Lipinski definition) is 0. The minimum atomic E-state index is -0.149. The molecule has 2 aromatic rings. The van der Waals surface area contributed by atoms with Gasteiger partial charge in [-0.05, 0) is 52.7 Å². The summed E-state index contributed by atoms with van der Waals surface area (Å²) in [6.45, 7) is 3.11. The molecule has 2 rings (SSSR count). The highest BCUT2D eigenvalue weighted by Crippen LogP contribution is 2.17. The lowest BCUT2D eigenvalue weighted by Gasteiger charge is -2.16. The number of rotatable bonds is 5. The largest absolute Gasteiger partial charge is 0.494 e. The van der Waals surface area contributed by atoms with Gasteiger partial charge in [0.2, 0.25) is 0 Å². The van der Waals surface area contributed by atoms with E-state index in [2.05, 4.69) is 15.9 Å². The van der Waals surface area contributed by atoms with Crippen molar-refractivity contribution in [3.05, 3.63) is 52.4 Å². The van der Waals surface area contributed by atoms with Gasteiger partial charge in [0.1, 0.15) is 5.75 Å². The Labute approximate surface area is 126 Å². The summed E-state index contributed by atoms with van der Waals surface area (Å²) in [7, 11) is 1.75. The predicted molar refractivity (Wildman–Crippen MR) is 79.8 cm³/mol. The molecule has 0 fully saturated rings. The molecule has 0 radical (unpaired) electrons. The summed E-state index contributed by atoms with van der Waals surface area (Å²) in [5.74, 6) is 1.01. The van der Waals surface area contributed by atoms with E-state index in [1.165, 1.54) is 0 Å². The molecule has 0 N–H and O–H groups in total. The van der Waals surface area contributed by atoms with Crippen molar-refractivity contribution in [3.63, 3.8) is 0 Å². The smallest absolute Gasteiger partial charge is 0.289 e. The zero-order valence-corrected chi connectivity index (χ0v) is 13.0. The Bertz CT molecular complexity index is 577. The van der Waals surface area contributed by atoms with E-state index in [0.29, 0.717) is 23.6 Å². The number of carbonyl (C=O) groups excluding carboxylic acids is 1. The average molecular weight is 338 g/mol. The maximum atomic E-state index is 12.1. The summed E-state index contributed by atoms with van der Waals surface area (Å²) in [6, 6.07) is 11.1. The van der Waals surface area contributed by atoms with Gasteiger partial charge in [0.05, 0.1) is 6.61 Å². The molecule has 1 aromatic heterocycles. The van der Waals surface area contributed by atoms with Gasteiger partial charge in [0.25, 0.3) is 5.91 Å². The first-order chi connectivity index (χ1) is 9.60. The highest BCUT2D eigenvalue weighted by atomic mass is 79.9. The second-order valence-electron chi connectivity index (χ2n) is 4.34. The van der Waals surface area contributed by atoms with E-state index in [0.717, 1.165) is 11.3 Å². The fraction of sp³-hybridized carbons (Fsp3) is 0.267. The number of furan rings is 1. The van der Waals surface area contributed by atoms with E-state index in [-0.39, 0.29) is 5.91 Å². The fourth-order valence-electron chi connectivity index (χ4n) is 1.82. The predicted octanol–water partition coefficient (Wildman–Crippen LogP) is 3.71. The van der Waals surface area contributed by atoms with Crippen LogP contribution in [0, 0.1) is 0 Å². The summed E-state index contributed by atoms with van der Waals surface area (Å²) in [5, 5.41) is 0. The van der Waals surface area contributed by atoms with Gasteiger partial charge in [-0.15, -0.1) is 0 Å². The average Bonchev–Trinajstić information content (AvgIpc) is 2.87. The van der Waals surface area contributed by atoms with Crippen molar-refractivity contribution in [2.75, 3.05) is 13.7 Å². The third-order valence-electron chi connectivity index (χ3n) is 2.78. The van der Waals surface area contributed by atoms with Crippen molar-refractivity contribution in [1.82, 2.24) is 4.90 Å². The van der Waals surface area contributed by atoms with Gasteiger partial charge in [-0.1, -0.05) is 12.1 Å². The number of amides is 1. The SMILES string of the molecule is CCOc1ccc(CN(C)C(=O)c2ccc(Br)o2)cc1. The van der Waals surface area contributed by atoms with E-state index in [1.54, 1.807) is 24.1 Å². The lowest BCUT2D eigenvalue weighted by Crippen LogP contribution is -2.25. The Morgan fingerprint density at radius 1 is 1.25 bits per heavy atom. The molecular formula is C15H16BrNO3. The van der Waals surface area contributed by atoms with Crippen LogP contribution in [-0.2, 0) is 6.54 Å². The zero-order chi connectivity index (χ0) is 14.5. The summed E-state index contributed by atoms with van der Waals surface area (Å²) >= 11 is 3.19. The second kappa shape index (κ2) is 6.61. The Kier molecular flexibility index (Phi) is 4.84. The van der Waals surface area contributed by atoms with Gasteiger partial charge in [-0.25, -0.2) is 0 Å². The monoisotopic (exact) mass is 337 g/mol. The molecule has 1 aromatic carbocycles. The third-order valence-corrected chi connectivity index (χ3v) is 3.21. The van der Waals surface area contributed by atoms with Gasteiger partial charge in [0, 0.05) is 13.6 Å². The topological polar surface area (TPSA) is 42.7 Å². The maximum absolute atomic E-state index is 12.1. The molecule has 1 amide bonds. The molecule has 0 spiro atoms. The van der Waals surface area contributed by atoms with E-state index >= 15 is 0 Å². The van der Waals surface area contributed by atoms with Gasteiger partial charge < -0.3 is 14.1 Å². The normalized spacial score (nSPS) is 10.3. The zero-order valence-electron chi connectivity index (χ0n) is 11.4. The summed E-state index contributed by atoms with van der Waals surface area (Å²) < 4.78 is 11.2. The molecule has 0 unspecified atom stereocenters. The molecule has 0 atom stereocenters. The Hall–Kier alpha value is -1.75. The van der Waals surface area contributed by atoms with Crippen molar-refractivity contribution in [2.24, 2.45) is 0 Å². The highest BCUT2D eigenvalue weighted by molar-refractivity contribution is 9.10. The lowest BCUT2D eigenvalue weighted by molar-refractivity contribution is 0.0752. The molecule has 0 aliphatic heterocycles. The molecule has 4 nitrogen and oxygen atoms in total. The number of halogens is 1. The molecule has 5 heteroatoms. The third kappa shape index (κ3) is 3.63. The first-order valence-corrected chi connectivity index (χ1v) is 7.12. The van der Waals surface area contributed by atoms with Crippen LogP contribution in [-0.4, -0.2) is 24.5 Å². The standard InChI is InChI=1S/C15H16BrNO3/c1-3-19-12-6-4-11(5-7-12)10-17(2)15(18)13-8-9-14(16)20-13/h4-9H,3,10H2,1-2H3. The van der Waals surface area contributed by atoms with Crippen molar-refractivity contribution >= 4 is 21.8 Å². The maximum Gasteiger partial charge on any atom is 0.289 e. The quantitative estimate of drug-likeness (QED) is 0.835. The van der Waals surface area contributed by atoms with Gasteiger partial charge >= 0.3 is 0 Å². The van der Waals surface area contributed by atoms with Crippen LogP contribution in [0.5, 0.6) is 5.75 Å². The Morgan fingerprint density at radius 2 is 1.95 bits per heavy atom. The number of ether oxygens (including phenoxy) is 1. The number of hydrogen-bond acceptors (Lipinski definition) is 3. The van der Waals surface area contributed by atoms with Crippen LogP contribution < -0.4 is 4.74 Å². The van der Waals surface area contributed by atoms with Crippen LogP contribution in [0.25, 0.3) is 0 Å². The first-order valence-electron chi connectivity index (χ1n) is 6.32. The Balaban J connectivity index is 2.00. The van der Waals surface area contributed by atoms with E-state index in [9.17, 15) is 4.79 Å². The molecule has 0 aliphatic rings. The van der Waals surface area contributed by atoms with Crippen molar-refractivity contribution in [3.8, 4) is 5.75 Å². The van der Waals surface area contributed by atoms with E-state index in [1.807, 2.05) is 31.2 Å².